The summed E-state index contributed by atoms with van der Waals surface area (Å²) in [4.78, 5) is 13.7. The quantitative estimate of drug-likeness (QED) is 0.853. The van der Waals surface area contributed by atoms with Gasteiger partial charge in [0.25, 0.3) is 0 Å². The van der Waals surface area contributed by atoms with Crippen molar-refractivity contribution in [1.29, 1.82) is 0 Å². The van der Waals surface area contributed by atoms with Crippen LogP contribution in [-0.4, -0.2) is 35.1 Å². The van der Waals surface area contributed by atoms with Gasteiger partial charge in [0.05, 0.1) is 6.10 Å². The van der Waals surface area contributed by atoms with E-state index in [9.17, 15) is 9.90 Å². The minimum Gasteiger partial charge on any atom is -0.393 e. The van der Waals surface area contributed by atoms with Crippen molar-refractivity contribution in [2.45, 2.75) is 18.9 Å². The van der Waals surface area contributed by atoms with Gasteiger partial charge in [0.2, 0.25) is 5.91 Å². The minimum atomic E-state index is -0.282. The maximum Gasteiger partial charge on any atom is 0.246 e. The normalized spacial score (nSPS) is 17.1. The van der Waals surface area contributed by atoms with E-state index in [-0.39, 0.29) is 12.0 Å². The number of halogens is 2. The van der Waals surface area contributed by atoms with Crippen molar-refractivity contribution in [3.63, 3.8) is 0 Å². The number of rotatable bonds is 2. The Morgan fingerprint density at radius 3 is 2.68 bits per heavy atom. The highest BCUT2D eigenvalue weighted by molar-refractivity contribution is 6.34. The van der Waals surface area contributed by atoms with Gasteiger partial charge in [-0.1, -0.05) is 23.2 Å². The maximum absolute atomic E-state index is 12.0. The molecule has 5 heteroatoms. The summed E-state index contributed by atoms with van der Waals surface area (Å²) >= 11 is 11.9. The molecule has 0 aliphatic carbocycles. The van der Waals surface area contributed by atoms with Crippen LogP contribution in [-0.2, 0) is 4.79 Å². The van der Waals surface area contributed by atoms with E-state index in [4.69, 9.17) is 23.2 Å². The molecular weight excluding hydrogens is 285 g/mol. The zero-order chi connectivity index (χ0) is 13.8. The van der Waals surface area contributed by atoms with E-state index in [2.05, 4.69) is 0 Å². The number of hydrogen-bond acceptors (Lipinski definition) is 2. The van der Waals surface area contributed by atoms with Crippen LogP contribution < -0.4 is 0 Å². The number of likely N-dealkylation sites (tertiary alicyclic amines) is 1. The number of amides is 1. The molecule has 19 heavy (non-hydrogen) atoms. The fourth-order valence-electron chi connectivity index (χ4n) is 2.00. The van der Waals surface area contributed by atoms with Gasteiger partial charge in [-0.2, -0.15) is 0 Å². The average Bonchev–Trinajstić information content (AvgIpc) is 2.40. The number of hydrogen-bond donors (Lipinski definition) is 1. The summed E-state index contributed by atoms with van der Waals surface area (Å²) in [6.07, 6.45) is 4.15. The molecule has 0 spiro atoms. The summed E-state index contributed by atoms with van der Waals surface area (Å²) in [5.74, 6) is -0.0667. The van der Waals surface area contributed by atoms with Gasteiger partial charge in [0, 0.05) is 29.2 Å². The van der Waals surface area contributed by atoms with E-state index in [0.717, 1.165) is 5.56 Å². The second-order valence-corrected chi connectivity index (χ2v) is 5.40. The van der Waals surface area contributed by atoms with E-state index in [1.165, 1.54) is 6.08 Å². The van der Waals surface area contributed by atoms with Gasteiger partial charge in [-0.25, -0.2) is 0 Å². The molecule has 3 nitrogen and oxygen atoms in total. The molecular formula is C14H15Cl2NO2. The lowest BCUT2D eigenvalue weighted by Gasteiger charge is -2.28. The minimum absolute atomic E-state index is 0.0667. The lowest BCUT2D eigenvalue weighted by Crippen LogP contribution is -2.39. The van der Waals surface area contributed by atoms with Crippen LogP contribution in [0, 0.1) is 0 Å². The Morgan fingerprint density at radius 1 is 1.32 bits per heavy atom. The third-order valence-corrected chi connectivity index (χ3v) is 3.72. The lowest BCUT2D eigenvalue weighted by atomic mass is 10.1. The third-order valence-electron chi connectivity index (χ3n) is 3.14. The van der Waals surface area contributed by atoms with Crippen molar-refractivity contribution >= 4 is 35.2 Å². The molecule has 2 rings (SSSR count). The Morgan fingerprint density at radius 2 is 2.00 bits per heavy atom. The van der Waals surface area contributed by atoms with Gasteiger partial charge < -0.3 is 10.0 Å². The molecule has 1 saturated heterocycles. The molecule has 1 heterocycles. The van der Waals surface area contributed by atoms with Gasteiger partial charge in [-0.05, 0) is 42.7 Å². The first-order chi connectivity index (χ1) is 9.06. The number of aliphatic hydroxyl groups is 1. The van der Waals surface area contributed by atoms with Crippen LogP contribution in [0.1, 0.15) is 18.4 Å². The molecule has 0 aromatic heterocycles. The largest absolute Gasteiger partial charge is 0.393 e. The SMILES string of the molecule is O=C(/C=C/c1cc(Cl)ccc1Cl)N1CCC(O)CC1. The van der Waals surface area contributed by atoms with Crippen LogP contribution in [0.25, 0.3) is 6.08 Å². The first-order valence-electron chi connectivity index (χ1n) is 6.16. The average molecular weight is 300 g/mol. The summed E-state index contributed by atoms with van der Waals surface area (Å²) in [6.45, 7) is 1.18. The standard InChI is InChI=1S/C14H15Cl2NO2/c15-11-2-3-13(16)10(9-11)1-4-14(19)17-7-5-12(18)6-8-17/h1-4,9,12,18H,5-8H2/b4-1+. The van der Waals surface area contributed by atoms with Gasteiger partial charge >= 0.3 is 0 Å². The molecule has 1 N–H and O–H groups in total. The molecule has 0 atom stereocenters. The van der Waals surface area contributed by atoms with Crippen LogP contribution in [0.5, 0.6) is 0 Å². The Labute approximate surface area is 122 Å². The van der Waals surface area contributed by atoms with Gasteiger partial charge in [0.15, 0.2) is 0 Å². The predicted molar refractivity (Wildman–Crippen MR) is 77.3 cm³/mol. The van der Waals surface area contributed by atoms with Crippen LogP contribution in [0.3, 0.4) is 0 Å². The second-order valence-electron chi connectivity index (χ2n) is 4.56. The van der Waals surface area contributed by atoms with E-state index >= 15 is 0 Å². The molecule has 0 saturated carbocycles. The van der Waals surface area contributed by atoms with Crippen molar-refractivity contribution in [1.82, 2.24) is 4.90 Å². The van der Waals surface area contributed by atoms with Crippen LogP contribution in [0.4, 0.5) is 0 Å². The Kier molecular flexibility index (Phi) is 4.86. The summed E-state index contributed by atoms with van der Waals surface area (Å²) < 4.78 is 0. The fraction of sp³-hybridized carbons (Fsp3) is 0.357. The van der Waals surface area contributed by atoms with E-state index in [0.29, 0.717) is 36.0 Å². The van der Waals surface area contributed by atoms with Gasteiger partial charge in [-0.15, -0.1) is 0 Å². The highest BCUT2D eigenvalue weighted by Crippen LogP contribution is 2.22. The maximum atomic E-state index is 12.0. The highest BCUT2D eigenvalue weighted by atomic mass is 35.5. The highest BCUT2D eigenvalue weighted by Gasteiger charge is 2.19. The summed E-state index contributed by atoms with van der Waals surface area (Å²) in [5.41, 5.74) is 0.722. The third kappa shape index (κ3) is 3.96. The molecule has 0 unspecified atom stereocenters. The summed E-state index contributed by atoms with van der Waals surface area (Å²) in [7, 11) is 0. The second kappa shape index (κ2) is 6.42. The number of piperidine rings is 1. The Bertz CT molecular complexity index is 494. The van der Waals surface area contributed by atoms with Crippen molar-refractivity contribution < 1.29 is 9.90 Å². The van der Waals surface area contributed by atoms with Gasteiger partial charge in [0.1, 0.15) is 0 Å². The smallest absolute Gasteiger partial charge is 0.246 e. The van der Waals surface area contributed by atoms with E-state index in [1.807, 2.05) is 0 Å². The molecule has 1 aliphatic rings. The molecule has 1 fully saturated rings. The van der Waals surface area contributed by atoms with E-state index < -0.39 is 0 Å². The van der Waals surface area contributed by atoms with E-state index in [1.54, 1.807) is 29.2 Å². The molecule has 1 aromatic rings. The van der Waals surface area contributed by atoms with Crippen molar-refractivity contribution in [2.24, 2.45) is 0 Å². The number of benzene rings is 1. The fourth-order valence-corrected chi connectivity index (χ4v) is 2.36. The molecule has 0 bridgehead atoms. The van der Waals surface area contributed by atoms with Crippen molar-refractivity contribution in [3.8, 4) is 0 Å². The number of carbonyl (C=O) groups excluding carboxylic acids is 1. The zero-order valence-corrected chi connectivity index (χ0v) is 11.9. The molecule has 0 radical (unpaired) electrons. The molecule has 1 aromatic carbocycles. The molecule has 1 amide bonds. The predicted octanol–water partition coefficient (Wildman–Crippen LogP) is 2.99. The van der Waals surface area contributed by atoms with Crippen molar-refractivity contribution in [3.05, 3.63) is 39.9 Å². The number of aliphatic hydroxyl groups excluding tert-OH is 1. The topological polar surface area (TPSA) is 40.5 Å². The number of carbonyl (C=O) groups is 1. The monoisotopic (exact) mass is 299 g/mol. The Hall–Kier alpha value is -1.03. The summed E-state index contributed by atoms with van der Waals surface area (Å²) in [5, 5.41) is 10.5. The van der Waals surface area contributed by atoms with Crippen LogP contribution in [0.2, 0.25) is 10.0 Å². The van der Waals surface area contributed by atoms with Crippen molar-refractivity contribution in [2.75, 3.05) is 13.1 Å². The van der Waals surface area contributed by atoms with Crippen LogP contribution >= 0.6 is 23.2 Å². The number of nitrogens with zero attached hydrogens (tertiary/aromatic N) is 1. The van der Waals surface area contributed by atoms with Crippen LogP contribution in [0.15, 0.2) is 24.3 Å². The lowest BCUT2D eigenvalue weighted by molar-refractivity contribution is -0.127. The first kappa shape index (κ1) is 14.4. The summed E-state index contributed by atoms with van der Waals surface area (Å²) in [6, 6.07) is 5.12. The first-order valence-corrected chi connectivity index (χ1v) is 6.92. The van der Waals surface area contributed by atoms with Gasteiger partial charge in [-0.3, -0.25) is 4.79 Å². The zero-order valence-electron chi connectivity index (χ0n) is 10.4. The Balaban J connectivity index is 2.02. The molecule has 102 valence electrons. The molecule has 1 aliphatic heterocycles.